The second-order valence-electron chi connectivity index (χ2n) is 6.88. The molecule has 3 atom stereocenters. The van der Waals surface area contributed by atoms with Crippen molar-refractivity contribution in [3.8, 4) is 11.5 Å². The third kappa shape index (κ3) is 2.39. The molecule has 0 bridgehead atoms. The van der Waals surface area contributed by atoms with E-state index in [1.165, 1.54) is 16.7 Å². The lowest BCUT2D eigenvalue weighted by Gasteiger charge is -2.37. The van der Waals surface area contributed by atoms with Gasteiger partial charge in [0.1, 0.15) is 0 Å². The first kappa shape index (κ1) is 16.0. The van der Waals surface area contributed by atoms with Gasteiger partial charge in [0.2, 0.25) is 5.91 Å². The number of nitrogens with zero attached hydrogens (tertiary/aromatic N) is 1. The molecular formula is C21H23NO3. The van der Waals surface area contributed by atoms with Gasteiger partial charge in [-0.25, -0.2) is 0 Å². The lowest BCUT2D eigenvalue weighted by atomic mass is 9.80. The Morgan fingerprint density at radius 2 is 1.64 bits per heavy atom. The molecule has 2 aromatic carbocycles. The molecule has 4 heteroatoms. The largest absolute Gasteiger partial charge is 0.493 e. The lowest BCUT2D eigenvalue weighted by Crippen LogP contribution is -2.39. The molecule has 1 saturated heterocycles. The molecule has 1 heterocycles. The molecule has 4 rings (SSSR count). The van der Waals surface area contributed by atoms with Gasteiger partial charge in [-0.15, -0.1) is 0 Å². The number of carbonyl (C=O) groups excluding carboxylic acids is 1. The number of hydrogen-bond donors (Lipinski definition) is 0. The van der Waals surface area contributed by atoms with Crippen molar-refractivity contribution in [1.82, 2.24) is 4.90 Å². The van der Waals surface area contributed by atoms with E-state index >= 15 is 0 Å². The van der Waals surface area contributed by atoms with Crippen molar-refractivity contribution in [3.05, 3.63) is 59.2 Å². The normalized spacial score (nSPS) is 24.7. The van der Waals surface area contributed by atoms with Crippen LogP contribution >= 0.6 is 0 Å². The van der Waals surface area contributed by atoms with E-state index in [1.54, 1.807) is 14.2 Å². The van der Waals surface area contributed by atoms with Crippen LogP contribution in [0.25, 0.3) is 0 Å². The smallest absolute Gasteiger partial charge is 0.222 e. The van der Waals surface area contributed by atoms with Crippen molar-refractivity contribution in [2.45, 2.75) is 24.8 Å². The maximum absolute atomic E-state index is 12.3. The minimum absolute atomic E-state index is 0.0984. The van der Waals surface area contributed by atoms with E-state index in [2.05, 4.69) is 36.4 Å². The summed E-state index contributed by atoms with van der Waals surface area (Å²) in [6.07, 6.45) is 1.52. The van der Waals surface area contributed by atoms with Gasteiger partial charge >= 0.3 is 0 Å². The SMILES string of the molecule is COc1cc2c(cc1OC)[C@@H]1[C@@H](CCC(=O)N1C)[C@H]2c1ccccc1. The topological polar surface area (TPSA) is 38.8 Å². The molecule has 1 fully saturated rings. The number of amides is 1. The first-order valence-corrected chi connectivity index (χ1v) is 8.72. The molecule has 0 unspecified atom stereocenters. The van der Waals surface area contributed by atoms with E-state index < -0.39 is 0 Å². The number of fused-ring (bicyclic) bond motifs is 3. The summed E-state index contributed by atoms with van der Waals surface area (Å²) < 4.78 is 11.1. The molecule has 1 aliphatic heterocycles. The highest BCUT2D eigenvalue weighted by Gasteiger charge is 2.47. The number of ether oxygens (including phenoxy) is 2. The molecule has 0 N–H and O–H groups in total. The van der Waals surface area contributed by atoms with Crippen molar-refractivity contribution in [2.24, 2.45) is 5.92 Å². The molecule has 0 saturated carbocycles. The minimum atomic E-state index is 0.0984. The highest BCUT2D eigenvalue weighted by Crippen LogP contribution is 2.56. The number of hydrogen-bond acceptors (Lipinski definition) is 3. The maximum Gasteiger partial charge on any atom is 0.222 e. The molecule has 25 heavy (non-hydrogen) atoms. The second kappa shape index (κ2) is 6.10. The van der Waals surface area contributed by atoms with Gasteiger partial charge in [0.05, 0.1) is 20.3 Å². The van der Waals surface area contributed by atoms with Gasteiger partial charge in [-0.2, -0.15) is 0 Å². The molecule has 130 valence electrons. The Hall–Kier alpha value is -2.49. The number of benzene rings is 2. The lowest BCUT2D eigenvalue weighted by molar-refractivity contribution is -0.136. The average Bonchev–Trinajstić information content (AvgIpc) is 2.98. The van der Waals surface area contributed by atoms with Crippen LogP contribution in [0.3, 0.4) is 0 Å². The monoisotopic (exact) mass is 337 g/mol. The maximum atomic E-state index is 12.3. The molecule has 1 aliphatic carbocycles. The highest BCUT2D eigenvalue weighted by molar-refractivity contribution is 5.78. The Morgan fingerprint density at radius 1 is 1.00 bits per heavy atom. The summed E-state index contributed by atoms with van der Waals surface area (Å²) in [6.45, 7) is 0. The van der Waals surface area contributed by atoms with Gasteiger partial charge in [0.15, 0.2) is 11.5 Å². The van der Waals surface area contributed by atoms with Crippen LogP contribution in [0, 0.1) is 5.92 Å². The number of carbonyl (C=O) groups is 1. The molecule has 0 spiro atoms. The Balaban J connectivity index is 1.92. The summed E-state index contributed by atoms with van der Waals surface area (Å²) in [5.41, 5.74) is 3.73. The number of piperidine rings is 1. The van der Waals surface area contributed by atoms with Crippen molar-refractivity contribution in [2.75, 3.05) is 21.3 Å². The predicted molar refractivity (Wildman–Crippen MR) is 96.1 cm³/mol. The van der Waals surface area contributed by atoms with Crippen molar-refractivity contribution < 1.29 is 14.3 Å². The van der Waals surface area contributed by atoms with Crippen LogP contribution in [0.5, 0.6) is 11.5 Å². The van der Waals surface area contributed by atoms with E-state index in [-0.39, 0.29) is 17.9 Å². The van der Waals surface area contributed by atoms with Crippen molar-refractivity contribution in [1.29, 1.82) is 0 Å². The first-order valence-electron chi connectivity index (χ1n) is 8.72. The Kier molecular flexibility index (Phi) is 3.91. The van der Waals surface area contributed by atoms with Gasteiger partial charge in [0, 0.05) is 19.4 Å². The zero-order valence-corrected chi connectivity index (χ0v) is 14.9. The molecule has 1 amide bonds. The summed E-state index contributed by atoms with van der Waals surface area (Å²) in [5, 5.41) is 0. The Morgan fingerprint density at radius 3 is 2.28 bits per heavy atom. The number of likely N-dealkylation sites (tertiary alicyclic amines) is 1. The van der Waals surface area contributed by atoms with Crippen LogP contribution in [0.2, 0.25) is 0 Å². The van der Waals surface area contributed by atoms with Gasteiger partial charge in [-0.05, 0) is 41.2 Å². The van der Waals surface area contributed by atoms with Gasteiger partial charge < -0.3 is 14.4 Å². The first-order chi connectivity index (χ1) is 12.2. The van der Waals surface area contributed by atoms with E-state index in [1.807, 2.05) is 18.0 Å². The molecule has 2 aromatic rings. The minimum Gasteiger partial charge on any atom is -0.493 e. The van der Waals surface area contributed by atoms with Crippen LogP contribution < -0.4 is 9.47 Å². The van der Waals surface area contributed by atoms with Crippen LogP contribution in [-0.4, -0.2) is 32.1 Å². The fraction of sp³-hybridized carbons (Fsp3) is 0.381. The Bertz CT molecular complexity index is 802. The van der Waals surface area contributed by atoms with E-state index in [0.717, 1.165) is 17.9 Å². The van der Waals surface area contributed by atoms with E-state index in [4.69, 9.17) is 9.47 Å². The predicted octanol–water partition coefficient (Wildman–Crippen LogP) is 3.76. The fourth-order valence-corrected chi connectivity index (χ4v) is 4.61. The third-order valence-corrected chi connectivity index (χ3v) is 5.74. The van der Waals surface area contributed by atoms with Gasteiger partial charge in [-0.1, -0.05) is 30.3 Å². The van der Waals surface area contributed by atoms with Gasteiger partial charge in [0.25, 0.3) is 0 Å². The fourth-order valence-electron chi connectivity index (χ4n) is 4.61. The second-order valence-corrected chi connectivity index (χ2v) is 6.88. The molecule has 0 aromatic heterocycles. The van der Waals surface area contributed by atoms with E-state index in [0.29, 0.717) is 12.3 Å². The molecular weight excluding hydrogens is 314 g/mol. The summed E-state index contributed by atoms with van der Waals surface area (Å²) in [6, 6.07) is 14.8. The average molecular weight is 337 g/mol. The van der Waals surface area contributed by atoms with Crippen LogP contribution in [0.4, 0.5) is 0 Å². The number of methoxy groups -OCH3 is 2. The summed E-state index contributed by atoms with van der Waals surface area (Å²) in [5.74, 6) is 2.35. The molecule has 0 radical (unpaired) electrons. The zero-order chi connectivity index (χ0) is 17.6. The molecule has 2 aliphatic rings. The highest BCUT2D eigenvalue weighted by atomic mass is 16.5. The van der Waals surface area contributed by atoms with Crippen LogP contribution in [0.1, 0.15) is 41.5 Å². The van der Waals surface area contributed by atoms with Gasteiger partial charge in [-0.3, -0.25) is 4.79 Å². The summed E-state index contributed by atoms with van der Waals surface area (Å²) in [4.78, 5) is 14.3. The number of rotatable bonds is 3. The van der Waals surface area contributed by atoms with Crippen LogP contribution in [0.15, 0.2) is 42.5 Å². The molecule has 4 nitrogen and oxygen atoms in total. The van der Waals surface area contributed by atoms with E-state index in [9.17, 15) is 4.79 Å². The third-order valence-electron chi connectivity index (χ3n) is 5.74. The zero-order valence-electron chi connectivity index (χ0n) is 14.9. The van der Waals surface area contributed by atoms with Crippen molar-refractivity contribution >= 4 is 5.91 Å². The quantitative estimate of drug-likeness (QED) is 0.856. The summed E-state index contributed by atoms with van der Waals surface area (Å²) in [7, 11) is 5.24. The van der Waals surface area contributed by atoms with Crippen molar-refractivity contribution in [3.63, 3.8) is 0 Å². The summed E-state index contributed by atoms with van der Waals surface area (Å²) >= 11 is 0. The standard InChI is InChI=1S/C21H23NO3/c1-22-19(23)10-9-14-20(13-7-5-4-6-8-13)15-11-17(24-2)18(25-3)12-16(15)21(14)22/h4-8,11-12,14,20-21H,9-10H2,1-3H3/t14-,20+,21-/m0/s1. The van der Waals surface area contributed by atoms with Crippen LogP contribution in [-0.2, 0) is 4.79 Å². The Labute approximate surface area is 148 Å².